The van der Waals surface area contributed by atoms with Gasteiger partial charge in [-0.05, 0) is 19.9 Å². The number of aromatic amines is 1. The minimum Gasteiger partial charge on any atom is -0.355 e. The van der Waals surface area contributed by atoms with E-state index in [2.05, 4.69) is 38.6 Å². The summed E-state index contributed by atoms with van der Waals surface area (Å²) >= 11 is 0. The maximum absolute atomic E-state index is 11.9. The first kappa shape index (κ1) is 14.8. The fraction of sp³-hybridized carbons (Fsp3) is 0.533. The monoisotopic (exact) mass is 302 g/mol. The average Bonchev–Trinajstić information content (AvgIpc) is 3.26. The first-order valence-electron chi connectivity index (χ1n) is 7.70. The molecule has 3 rings (SSSR count). The van der Waals surface area contributed by atoms with Crippen molar-refractivity contribution in [3.63, 3.8) is 0 Å². The predicted molar refractivity (Wildman–Crippen MR) is 82.5 cm³/mol. The Morgan fingerprint density at radius 2 is 2.36 bits per heavy atom. The van der Waals surface area contributed by atoms with Gasteiger partial charge in [-0.1, -0.05) is 0 Å². The van der Waals surface area contributed by atoms with E-state index in [1.165, 1.54) is 5.56 Å². The predicted octanol–water partition coefficient (Wildman–Crippen LogP) is 0.975. The molecule has 7 nitrogen and oxygen atoms in total. The molecule has 0 spiro atoms. The van der Waals surface area contributed by atoms with Crippen molar-refractivity contribution in [2.45, 2.75) is 32.4 Å². The summed E-state index contributed by atoms with van der Waals surface area (Å²) in [5.74, 6) is 0.252. The minimum atomic E-state index is -0.0774. The molecule has 0 aliphatic carbocycles. The van der Waals surface area contributed by atoms with Crippen molar-refractivity contribution in [1.29, 1.82) is 0 Å². The Kier molecular flexibility index (Phi) is 4.24. The molecule has 1 saturated heterocycles. The number of nitrogens with zero attached hydrogens (tertiary/aromatic N) is 4. The van der Waals surface area contributed by atoms with Crippen LogP contribution < -0.4 is 5.32 Å². The maximum Gasteiger partial charge on any atom is 0.254 e. The highest BCUT2D eigenvalue weighted by Crippen LogP contribution is 2.28. The van der Waals surface area contributed by atoms with Crippen molar-refractivity contribution >= 4 is 5.91 Å². The van der Waals surface area contributed by atoms with Crippen LogP contribution >= 0.6 is 0 Å². The molecule has 1 aliphatic rings. The lowest BCUT2D eigenvalue weighted by Crippen LogP contribution is -2.22. The van der Waals surface area contributed by atoms with E-state index in [0.29, 0.717) is 11.5 Å². The van der Waals surface area contributed by atoms with Crippen molar-refractivity contribution in [3.05, 3.63) is 35.4 Å². The zero-order valence-electron chi connectivity index (χ0n) is 13.0. The molecule has 118 valence electrons. The normalized spacial score (nSPS) is 18.7. The number of aromatic nitrogens is 4. The van der Waals surface area contributed by atoms with E-state index < -0.39 is 0 Å². The molecule has 1 fully saturated rings. The van der Waals surface area contributed by atoms with Gasteiger partial charge in [-0.25, -0.2) is 0 Å². The van der Waals surface area contributed by atoms with E-state index in [1.54, 1.807) is 13.2 Å². The Hall–Kier alpha value is -2.15. The van der Waals surface area contributed by atoms with E-state index in [1.807, 2.05) is 10.9 Å². The quantitative estimate of drug-likeness (QED) is 0.863. The van der Waals surface area contributed by atoms with Gasteiger partial charge in [-0.2, -0.15) is 10.2 Å². The Morgan fingerprint density at radius 3 is 3.09 bits per heavy atom. The van der Waals surface area contributed by atoms with Crippen LogP contribution in [0.3, 0.4) is 0 Å². The van der Waals surface area contributed by atoms with Crippen LogP contribution in [-0.4, -0.2) is 50.9 Å². The summed E-state index contributed by atoms with van der Waals surface area (Å²) in [7, 11) is 1.64. The molecule has 7 heteroatoms. The van der Waals surface area contributed by atoms with Gasteiger partial charge in [0.2, 0.25) is 0 Å². The van der Waals surface area contributed by atoms with Crippen LogP contribution in [0, 0.1) is 0 Å². The molecule has 2 aromatic rings. The third-order valence-corrected chi connectivity index (χ3v) is 4.24. The van der Waals surface area contributed by atoms with Crippen LogP contribution in [0.15, 0.2) is 18.6 Å². The average molecular weight is 302 g/mol. The molecule has 22 heavy (non-hydrogen) atoms. The SMILES string of the molecule is CCn1cc(CN2CC[C@@H](c3[nH]ncc3C(=O)NC)C2)cn1. The second-order valence-corrected chi connectivity index (χ2v) is 5.70. The van der Waals surface area contributed by atoms with E-state index >= 15 is 0 Å². The summed E-state index contributed by atoms with van der Waals surface area (Å²) in [5.41, 5.74) is 2.85. The van der Waals surface area contributed by atoms with Gasteiger partial charge in [0, 0.05) is 44.4 Å². The minimum absolute atomic E-state index is 0.0774. The summed E-state index contributed by atoms with van der Waals surface area (Å²) in [6, 6.07) is 0. The van der Waals surface area contributed by atoms with Crippen molar-refractivity contribution in [2.24, 2.45) is 0 Å². The number of hydrogen-bond donors (Lipinski definition) is 2. The topological polar surface area (TPSA) is 78.8 Å². The molecular formula is C15H22N6O. The van der Waals surface area contributed by atoms with Crippen LogP contribution in [0.1, 0.15) is 40.9 Å². The second kappa shape index (κ2) is 6.31. The smallest absolute Gasteiger partial charge is 0.254 e. The van der Waals surface area contributed by atoms with Crippen LogP contribution in [-0.2, 0) is 13.1 Å². The molecule has 0 aromatic carbocycles. The highest BCUT2D eigenvalue weighted by molar-refractivity contribution is 5.95. The maximum atomic E-state index is 11.9. The number of carbonyl (C=O) groups is 1. The number of hydrogen-bond acceptors (Lipinski definition) is 4. The Labute approximate surface area is 129 Å². The molecule has 0 radical (unpaired) electrons. The van der Waals surface area contributed by atoms with Crippen LogP contribution in [0.2, 0.25) is 0 Å². The third kappa shape index (κ3) is 2.89. The highest BCUT2D eigenvalue weighted by Gasteiger charge is 2.28. The first-order valence-corrected chi connectivity index (χ1v) is 7.70. The van der Waals surface area contributed by atoms with E-state index in [9.17, 15) is 4.79 Å². The van der Waals surface area contributed by atoms with Crippen LogP contribution in [0.5, 0.6) is 0 Å². The Morgan fingerprint density at radius 1 is 1.50 bits per heavy atom. The van der Waals surface area contributed by atoms with Gasteiger partial charge in [-0.3, -0.25) is 19.5 Å². The van der Waals surface area contributed by atoms with Gasteiger partial charge in [0.1, 0.15) is 0 Å². The molecule has 2 N–H and O–H groups in total. The molecule has 1 amide bonds. The molecule has 0 bridgehead atoms. The molecule has 0 saturated carbocycles. The second-order valence-electron chi connectivity index (χ2n) is 5.70. The molecule has 1 aliphatic heterocycles. The summed E-state index contributed by atoms with van der Waals surface area (Å²) < 4.78 is 1.95. The number of H-pyrrole nitrogens is 1. The van der Waals surface area contributed by atoms with Gasteiger partial charge in [0.05, 0.1) is 23.7 Å². The van der Waals surface area contributed by atoms with Crippen molar-refractivity contribution in [1.82, 2.24) is 30.2 Å². The standard InChI is InChI=1S/C15H22N6O/c1-3-21-9-11(6-18-21)8-20-5-4-12(10-20)14-13(7-17-19-14)15(22)16-2/h6-7,9,12H,3-5,8,10H2,1-2H3,(H,16,22)(H,17,19)/t12-/m1/s1. The number of amides is 1. The summed E-state index contributed by atoms with van der Waals surface area (Å²) in [6.45, 7) is 5.84. The number of rotatable bonds is 5. The summed E-state index contributed by atoms with van der Waals surface area (Å²) in [4.78, 5) is 14.3. The molecule has 0 unspecified atom stereocenters. The lowest BCUT2D eigenvalue weighted by molar-refractivity contribution is 0.0961. The number of nitrogens with one attached hydrogen (secondary N) is 2. The first-order chi connectivity index (χ1) is 10.7. The van der Waals surface area contributed by atoms with Crippen LogP contribution in [0.4, 0.5) is 0 Å². The summed E-state index contributed by atoms with van der Waals surface area (Å²) in [5, 5.41) is 14.0. The van der Waals surface area contributed by atoms with Crippen molar-refractivity contribution in [2.75, 3.05) is 20.1 Å². The Bertz CT molecular complexity index is 646. The molecule has 2 aromatic heterocycles. The van der Waals surface area contributed by atoms with Crippen molar-refractivity contribution < 1.29 is 4.79 Å². The van der Waals surface area contributed by atoms with Gasteiger partial charge >= 0.3 is 0 Å². The molecular weight excluding hydrogens is 280 g/mol. The van der Waals surface area contributed by atoms with Gasteiger partial charge in [0.15, 0.2) is 0 Å². The van der Waals surface area contributed by atoms with Crippen LogP contribution in [0.25, 0.3) is 0 Å². The lowest BCUT2D eigenvalue weighted by Gasteiger charge is -2.15. The largest absolute Gasteiger partial charge is 0.355 e. The molecule has 3 heterocycles. The summed E-state index contributed by atoms with van der Waals surface area (Å²) in [6.07, 6.45) is 6.68. The fourth-order valence-electron chi connectivity index (χ4n) is 3.05. The van der Waals surface area contributed by atoms with Gasteiger partial charge < -0.3 is 5.32 Å². The fourth-order valence-corrected chi connectivity index (χ4v) is 3.05. The van der Waals surface area contributed by atoms with E-state index in [0.717, 1.165) is 38.3 Å². The highest BCUT2D eigenvalue weighted by atomic mass is 16.1. The number of carbonyl (C=O) groups excluding carboxylic acids is 1. The number of likely N-dealkylation sites (tertiary alicyclic amines) is 1. The van der Waals surface area contributed by atoms with Gasteiger partial charge in [0.25, 0.3) is 5.91 Å². The zero-order chi connectivity index (χ0) is 15.5. The molecule has 1 atom stereocenters. The number of aryl methyl sites for hydroxylation is 1. The Balaban J connectivity index is 1.65. The lowest BCUT2D eigenvalue weighted by atomic mass is 10.0. The van der Waals surface area contributed by atoms with E-state index in [4.69, 9.17) is 0 Å². The zero-order valence-corrected chi connectivity index (χ0v) is 13.0. The van der Waals surface area contributed by atoms with E-state index in [-0.39, 0.29) is 5.91 Å². The van der Waals surface area contributed by atoms with Crippen molar-refractivity contribution in [3.8, 4) is 0 Å². The van der Waals surface area contributed by atoms with Gasteiger partial charge in [-0.15, -0.1) is 0 Å². The third-order valence-electron chi connectivity index (χ3n) is 4.24.